The molecule has 1 fully saturated rings. The molecule has 34 heavy (non-hydrogen) atoms. The van der Waals surface area contributed by atoms with Gasteiger partial charge in [0.05, 0.1) is 12.0 Å². The van der Waals surface area contributed by atoms with Crippen LogP contribution >= 0.6 is 0 Å². The lowest BCUT2D eigenvalue weighted by Gasteiger charge is -2.22. The van der Waals surface area contributed by atoms with Crippen LogP contribution in [0, 0.1) is 10.1 Å². The van der Waals surface area contributed by atoms with E-state index < -0.39 is 4.92 Å². The highest BCUT2D eigenvalue weighted by Crippen LogP contribution is 2.36. The van der Waals surface area contributed by atoms with Crippen molar-refractivity contribution in [2.24, 2.45) is 0 Å². The van der Waals surface area contributed by atoms with Gasteiger partial charge in [-0.25, -0.2) is 9.78 Å². The summed E-state index contributed by atoms with van der Waals surface area (Å²) in [5, 5.41) is 13.6. The highest BCUT2D eigenvalue weighted by molar-refractivity contribution is 5.90. The van der Waals surface area contributed by atoms with Gasteiger partial charge < -0.3 is 19.4 Å². The molecule has 3 aromatic carbocycles. The molecule has 1 atom stereocenters. The van der Waals surface area contributed by atoms with Crippen molar-refractivity contribution in [2.75, 3.05) is 19.0 Å². The number of anilines is 1. The van der Waals surface area contributed by atoms with Gasteiger partial charge in [-0.15, -0.1) is 0 Å². The number of rotatable bonds is 5. The van der Waals surface area contributed by atoms with E-state index in [0.29, 0.717) is 29.2 Å². The summed E-state index contributed by atoms with van der Waals surface area (Å²) in [6.45, 7) is 0.564. The van der Waals surface area contributed by atoms with Crippen LogP contribution in [0.15, 0.2) is 71.1 Å². The fraction of sp³-hybridized carbons (Fsp3) is 0.200. The first-order chi connectivity index (χ1) is 16.5. The van der Waals surface area contributed by atoms with Crippen LogP contribution in [0.2, 0.25) is 0 Å². The Labute approximate surface area is 195 Å². The predicted octanol–water partition coefficient (Wildman–Crippen LogP) is 5.78. The topological polar surface area (TPSA) is 111 Å². The summed E-state index contributed by atoms with van der Waals surface area (Å²) >= 11 is 0. The minimum Gasteiger partial charge on any atom is -0.496 e. The molecule has 4 aromatic rings. The number of nitro benzene ring substituents is 1. The molecule has 2 amide bonds. The molecule has 1 saturated heterocycles. The summed E-state index contributed by atoms with van der Waals surface area (Å²) in [5.74, 6) is 1.26. The summed E-state index contributed by atoms with van der Waals surface area (Å²) in [5.41, 5.74) is 3.74. The lowest BCUT2D eigenvalue weighted by molar-refractivity contribution is -0.384. The first kappa shape index (κ1) is 21.4. The number of nitro groups is 1. The number of nitrogens with one attached hydrogen (secondary N) is 1. The number of aromatic nitrogens is 1. The molecule has 5 rings (SSSR count). The third-order valence-electron chi connectivity index (χ3n) is 5.95. The second-order valence-electron chi connectivity index (χ2n) is 8.02. The van der Waals surface area contributed by atoms with Crippen molar-refractivity contribution >= 4 is 28.5 Å². The molecule has 1 aliphatic heterocycles. The van der Waals surface area contributed by atoms with Gasteiger partial charge in [0, 0.05) is 29.9 Å². The first-order valence-electron chi connectivity index (χ1n) is 10.9. The van der Waals surface area contributed by atoms with E-state index in [0.717, 1.165) is 29.7 Å². The second kappa shape index (κ2) is 8.86. The van der Waals surface area contributed by atoms with Crippen LogP contribution in [0.5, 0.6) is 5.75 Å². The number of nitrogens with zero attached hydrogens (tertiary/aromatic N) is 3. The number of benzene rings is 3. The van der Waals surface area contributed by atoms with Crippen molar-refractivity contribution < 1.29 is 18.9 Å². The average Bonchev–Trinajstić information content (AvgIpc) is 3.51. The molecule has 0 spiro atoms. The van der Waals surface area contributed by atoms with E-state index >= 15 is 0 Å². The highest BCUT2D eigenvalue weighted by Gasteiger charge is 2.33. The zero-order chi connectivity index (χ0) is 23.7. The number of non-ortho nitro benzene ring substituents is 1. The molecular weight excluding hydrogens is 436 g/mol. The lowest BCUT2D eigenvalue weighted by Crippen LogP contribution is -2.34. The van der Waals surface area contributed by atoms with Gasteiger partial charge in [0.2, 0.25) is 5.89 Å². The van der Waals surface area contributed by atoms with Crippen molar-refractivity contribution in [3.8, 4) is 16.9 Å². The number of oxazole rings is 1. The summed E-state index contributed by atoms with van der Waals surface area (Å²) in [6, 6.07) is 18.7. The molecule has 1 aromatic heterocycles. The number of likely N-dealkylation sites (tertiary alicyclic amines) is 1. The maximum absolute atomic E-state index is 12.9. The van der Waals surface area contributed by atoms with E-state index in [1.54, 1.807) is 12.0 Å². The van der Waals surface area contributed by atoms with Gasteiger partial charge in [-0.2, -0.15) is 0 Å². The fourth-order valence-electron chi connectivity index (χ4n) is 4.27. The molecule has 1 N–H and O–H groups in total. The Morgan fingerprint density at radius 2 is 1.97 bits per heavy atom. The molecule has 0 aliphatic carbocycles. The zero-order valence-corrected chi connectivity index (χ0v) is 18.4. The smallest absolute Gasteiger partial charge is 0.322 e. The zero-order valence-electron chi connectivity index (χ0n) is 18.4. The Morgan fingerprint density at radius 3 is 2.74 bits per heavy atom. The molecule has 1 aliphatic rings. The molecule has 0 saturated carbocycles. The lowest BCUT2D eigenvalue weighted by atomic mass is 10.0. The molecule has 2 heterocycles. The van der Waals surface area contributed by atoms with Crippen LogP contribution in [-0.2, 0) is 0 Å². The van der Waals surface area contributed by atoms with Gasteiger partial charge in [-0.05, 0) is 48.7 Å². The monoisotopic (exact) mass is 458 g/mol. The van der Waals surface area contributed by atoms with Crippen molar-refractivity contribution in [3.63, 3.8) is 0 Å². The number of para-hydroxylation sites is 1. The normalized spacial score (nSPS) is 15.4. The van der Waals surface area contributed by atoms with Crippen LogP contribution in [0.25, 0.3) is 22.2 Å². The van der Waals surface area contributed by atoms with E-state index in [2.05, 4.69) is 5.32 Å². The van der Waals surface area contributed by atoms with Gasteiger partial charge in [-0.1, -0.05) is 24.3 Å². The van der Waals surface area contributed by atoms with Crippen molar-refractivity contribution in [3.05, 3.63) is 82.7 Å². The number of fused-ring (bicyclic) bond motifs is 1. The molecule has 1 unspecified atom stereocenters. The number of hydrogen-bond acceptors (Lipinski definition) is 6. The summed E-state index contributed by atoms with van der Waals surface area (Å²) in [6.07, 6.45) is 1.56. The molecular formula is C25H22N4O5. The Balaban J connectivity index is 1.38. The summed E-state index contributed by atoms with van der Waals surface area (Å²) < 4.78 is 11.5. The summed E-state index contributed by atoms with van der Waals surface area (Å²) in [7, 11) is 1.64. The van der Waals surface area contributed by atoms with E-state index in [9.17, 15) is 14.9 Å². The number of urea groups is 1. The van der Waals surface area contributed by atoms with Gasteiger partial charge in [0.1, 0.15) is 17.3 Å². The molecule has 0 bridgehead atoms. The third-order valence-corrected chi connectivity index (χ3v) is 5.95. The second-order valence-corrected chi connectivity index (χ2v) is 8.02. The first-order valence-corrected chi connectivity index (χ1v) is 10.9. The van der Waals surface area contributed by atoms with Gasteiger partial charge in [0.15, 0.2) is 5.58 Å². The Morgan fingerprint density at radius 1 is 1.18 bits per heavy atom. The quantitative estimate of drug-likeness (QED) is 0.300. The number of carbonyl (C=O) groups is 1. The van der Waals surface area contributed by atoms with Crippen LogP contribution in [0.3, 0.4) is 0 Å². The fourth-order valence-corrected chi connectivity index (χ4v) is 4.27. The van der Waals surface area contributed by atoms with E-state index in [-0.39, 0.29) is 17.8 Å². The number of amides is 2. The van der Waals surface area contributed by atoms with Gasteiger partial charge in [-0.3, -0.25) is 10.1 Å². The summed E-state index contributed by atoms with van der Waals surface area (Å²) in [4.78, 5) is 29.7. The van der Waals surface area contributed by atoms with Crippen molar-refractivity contribution in [1.82, 2.24) is 9.88 Å². The minimum atomic E-state index is -0.478. The molecule has 0 radical (unpaired) electrons. The third kappa shape index (κ3) is 4.03. The van der Waals surface area contributed by atoms with Crippen molar-refractivity contribution in [2.45, 2.75) is 18.9 Å². The number of methoxy groups -OCH3 is 1. The minimum absolute atomic E-state index is 0.0315. The maximum Gasteiger partial charge on any atom is 0.322 e. The maximum atomic E-state index is 12.9. The SMILES string of the molecule is COc1ccccc1-c1ccc2oc(C3CCCN3C(=O)Nc3ccc([N+](=O)[O-])cc3)nc2c1. The Hall–Kier alpha value is -4.40. The largest absolute Gasteiger partial charge is 0.496 e. The van der Waals surface area contributed by atoms with Crippen LogP contribution in [0.4, 0.5) is 16.2 Å². The molecule has 9 nitrogen and oxygen atoms in total. The highest BCUT2D eigenvalue weighted by atomic mass is 16.6. The van der Waals surface area contributed by atoms with Crippen molar-refractivity contribution in [1.29, 1.82) is 0 Å². The Bertz CT molecular complexity index is 1370. The van der Waals surface area contributed by atoms with E-state index in [1.807, 2.05) is 42.5 Å². The van der Waals surface area contributed by atoms with Gasteiger partial charge >= 0.3 is 6.03 Å². The van der Waals surface area contributed by atoms with E-state index in [4.69, 9.17) is 14.1 Å². The Kier molecular flexibility index (Phi) is 5.59. The average molecular weight is 458 g/mol. The van der Waals surface area contributed by atoms with Crippen LogP contribution in [-0.4, -0.2) is 34.5 Å². The molecule has 9 heteroatoms. The standard InChI is InChI=1S/C25H22N4O5/c1-33-22-7-3-2-5-19(22)16-8-13-23-20(15-16)27-24(34-23)21-6-4-14-28(21)25(30)26-17-9-11-18(12-10-17)29(31)32/h2-3,5,7-13,15,21H,4,6,14H2,1H3,(H,26,30). The number of carbonyl (C=O) groups excluding carboxylic acids is 1. The van der Waals surface area contributed by atoms with Gasteiger partial charge in [0.25, 0.3) is 5.69 Å². The van der Waals surface area contributed by atoms with E-state index in [1.165, 1.54) is 24.3 Å². The van der Waals surface area contributed by atoms with Crippen LogP contribution in [0.1, 0.15) is 24.8 Å². The molecule has 172 valence electrons. The van der Waals surface area contributed by atoms with Crippen LogP contribution < -0.4 is 10.1 Å². The predicted molar refractivity (Wildman–Crippen MR) is 127 cm³/mol. The number of ether oxygens (including phenoxy) is 1. The number of hydrogen-bond donors (Lipinski definition) is 1.